The molecule has 0 unspecified atom stereocenters. The van der Waals surface area contributed by atoms with Crippen molar-refractivity contribution >= 4 is 60.0 Å². The van der Waals surface area contributed by atoms with Gasteiger partial charge in [0.1, 0.15) is 0 Å². The van der Waals surface area contributed by atoms with Crippen molar-refractivity contribution in [3.8, 4) is 0 Å². The normalized spacial score (nSPS) is 13.5. The standard InChI is InChI=1S/C45H78N4Si3.2CHF3O3S.Fe/c1-31(2)50(32(3)4,33(5)6)43-22-19-40(46-25-43)28-49(29-41-20-23-44(26-47-41)51(34(7)8,35(9)10)36(11)12)30-42-21-24-45(27-48-42)52(37(13)14,38(15)16)39(17)18;2*2-1(3,4)8(5,6)7;/h19-27,31-39H,28-30H2,1-18H3;2*(H,5,6,7);/q;;;+3/p-2. The Morgan fingerprint density at radius 1 is 0.420 bits per heavy atom. The summed E-state index contributed by atoms with van der Waals surface area (Å²) < 4.78 is 118. The average molecular weight is 1110 g/mol. The van der Waals surface area contributed by atoms with Gasteiger partial charge in [-0.05, 0) is 83.6 Å². The van der Waals surface area contributed by atoms with Crippen molar-refractivity contribution in [2.24, 2.45) is 0 Å². The van der Waals surface area contributed by atoms with Gasteiger partial charge < -0.3 is 9.11 Å². The van der Waals surface area contributed by atoms with Crippen LogP contribution in [0.2, 0.25) is 49.9 Å². The van der Waals surface area contributed by atoms with Crippen LogP contribution in [0.15, 0.2) is 55.0 Å². The largest absolute Gasteiger partial charge is 3.00 e. The van der Waals surface area contributed by atoms with Crippen LogP contribution < -0.4 is 15.6 Å². The minimum Gasteiger partial charge on any atom is -0.741 e. The summed E-state index contributed by atoms with van der Waals surface area (Å²) in [4.78, 5) is 18.1. The third kappa shape index (κ3) is 16.0. The SMILES string of the molecule is CC(C)[Si](c1ccc(CN(Cc2ccc([Si](C(C)C)(C(C)C)C(C)C)cn2)Cc2ccc([Si](C(C)C)(C(C)C)C(C)C)cn2)nc1)(C(C)C)C(C)C.O=S(=O)([O-])C(F)(F)F.O=S(=O)([O-])C(F)(F)F.[Fe+3]. The van der Waals surface area contributed by atoms with Crippen LogP contribution in [0.4, 0.5) is 26.3 Å². The van der Waals surface area contributed by atoms with Crippen LogP contribution in [-0.2, 0) is 56.9 Å². The van der Waals surface area contributed by atoms with Gasteiger partial charge >= 0.3 is 28.1 Å². The quantitative estimate of drug-likeness (QED) is 0.0520. The maximum absolute atomic E-state index is 10.7. The van der Waals surface area contributed by atoms with Crippen LogP contribution in [-0.4, -0.2) is 81.0 Å². The Balaban J connectivity index is 0.00000232. The molecule has 0 aromatic carbocycles. The molecular formula is C47H78F6FeN4O6S2Si3+. The molecule has 0 aliphatic heterocycles. The first-order valence-corrected chi connectivity index (χ1v) is 32.8. The van der Waals surface area contributed by atoms with Gasteiger partial charge in [-0.2, -0.15) is 26.3 Å². The van der Waals surface area contributed by atoms with Crippen LogP contribution in [0, 0.1) is 0 Å². The van der Waals surface area contributed by atoms with E-state index in [2.05, 4.69) is 185 Å². The summed E-state index contributed by atoms with van der Waals surface area (Å²) >= 11 is 0. The van der Waals surface area contributed by atoms with Gasteiger partial charge in [0.2, 0.25) is 0 Å². The Labute approximate surface area is 424 Å². The number of aromatic nitrogens is 3. The zero-order valence-electron chi connectivity index (χ0n) is 43.7. The molecule has 0 aliphatic carbocycles. The molecule has 0 atom stereocenters. The van der Waals surface area contributed by atoms with E-state index >= 15 is 0 Å². The van der Waals surface area contributed by atoms with E-state index < -0.39 is 55.5 Å². The van der Waals surface area contributed by atoms with Gasteiger partial charge in [-0.3, -0.25) is 19.9 Å². The Morgan fingerprint density at radius 3 is 0.681 bits per heavy atom. The van der Waals surface area contributed by atoms with Crippen molar-refractivity contribution < 1.29 is 69.4 Å². The molecule has 0 saturated carbocycles. The second kappa shape index (κ2) is 26.3. The zero-order chi connectivity index (χ0) is 53.3. The molecule has 0 saturated heterocycles. The van der Waals surface area contributed by atoms with Crippen molar-refractivity contribution in [1.82, 2.24) is 19.9 Å². The first-order valence-electron chi connectivity index (χ1n) is 23.3. The van der Waals surface area contributed by atoms with Crippen molar-refractivity contribution in [3.05, 3.63) is 72.1 Å². The predicted octanol–water partition coefficient (Wildman–Crippen LogP) is 11.8. The van der Waals surface area contributed by atoms with E-state index in [1.165, 1.54) is 15.6 Å². The number of hydrogen-bond donors (Lipinski definition) is 0. The smallest absolute Gasteiger partial charge is 0.741 e. The van der Waals surface area contributed by atoms with Gasteiger partial charge in [0.15, 0.2) is 20.2 Å². The van der Waals surface area contributed by atoms with E-state index in [0.717, 1.165) is 36.7 Å². The summed E-state index contributed by atoms with van der Waals surface area (Å²) in [6.45, 7) is 46.1. The first-order chi connectivity index (χ1) is 30.7. The zero-order valence-corrected chi connectivity index (χ0v) is 49.4. The topological polar surface area (TPSA) is 156 Å². The average Bonchev–Trinajstić information content (AvgIpc) is 3.15. The Morgan fingerprint density at radius 2 is 0.580 bits per heavy atom. The number of hydrogen-bond acceptors (Lipinski definition) is 10. The Bertz CT molecular complexity index is 1940. The second-order valence-electron chi connectivity index (χ2n) is 20.8. The summed E-state index contributed by atoms with van der Waals surface area (Å²) in [5, 5.41) is 4.50. The molecule has 22 heteroatoms. The number of rotatable bonds is 18. The molecule has 0 spiro atoms. The minimum atomic E-state index is -6.09. The summed E-state index contributed by atoms with van der Waals surface area (Å²) in [7, 11) is -17.5. The fourth-order valence-electron chi connectivity index (χ4n) is 12.2. The number of nitrogens with zero attached hydrogens (tertiary/aromatic N) is 4. The molecule has 0 fully saturated rings. The van der Waals surface area contributed by atoms with E-state index in [9.17, 15) is 26.3 Å². The maximum Gasteiger partial charge on any atom is 3.00 e. The third-order valence-electron chi connectivity index (χ3n) is 14.3. The van der Waals surface area contributed by atoms with Crippen molar-refractivity contribution in [1.29, 1.82) is 0 Å². The van der Waals surface area contributed by atoms with E-state index in [4.69, 9.17) is 40.9 Å². The molecule has 0 N–H and O–H groups in total. The molecule has 3 heterocycles. The Hall–Kier alpha value is -2.02. The molecule has 0 bridgehead atoms. The van der Waals surface area contributed by atoms with Gasteiger partial charge in [-0.15, -0.1) is 0 Å². The fourth-order valence-corrected chi connectivity index (χ4v) is 32.2. The van der Waals surface area contributed by atoms with E-state index in [1.807, 2.05) is 0 Å². The van der Waals surface area contributed by atoms with Gasteiger partial charge in [0.25, 0.3) is 0 Å². The first kappa shape index (κ1) is 67.0. The van der Waals surface area contributed by atoms with Crippen LogP contribution in [0.3, 0.4) is 0 Å². The fraction of sp³-hybridized carbons (Fsp3) is 0.681. The van der Waals surface area contributed by atoms with Gasteiger partial charge in [0.05, 0.1) is 41.3 Å². The molecular weight excluding hydrogens is 1030 g/mol. The van der Waals surface area contributed by atoms with Crippen molar-refractivity contribution in [3.63, 3.8) is 0 Å². The van der Waals surface area contributed by atoms with Gasteiger partial charge in [0, 0.05) is 38.2 Å². The molecule has 0 amide bonds. The van der Waals surface area contributed by atoms with Crippen molar-refractivity contribution in [2.75, 3.05) is 0 Å². The monoisotopic (exact) mass is 1110 g/mol. The molecule has 395 valence electrons. The van der Waals surface area contributed by atoms with Crippen LogP contribution in [0.25, 0.3) is 0 Å². The van der Waals surface area contributed by atoms with Gasteiger partial charge in [-0.1, -0.05) is 143 Å². The molecule has 1 radical (unpaired) electrons. The molecule has 3 aromatic rings. The van der Waals surface area contributed by atoms with Gasteiger partial charge in [-0.25, -0.2) is 16.8 Å². The molecule has 10 nitrogen and oxygen atoms in total. The van der Waals surface area contributed by atoms with E-state index in [-0.39, 0.29) is 17.1 Å². The van der Waals surface area contributed by atoms with Crippen LogP contribution in [0.5, 0.6) is 0 Å². The number of alkyl halides is 6. The molecule has 3 aromatic heterocycles. The second-order valence-corrected chi connectivity index (χ2v) is 41.2. The summed E-state index contributed by atoms with van der Waals surface area (Å²) in [5.41, 5.74) is -2.00. The van der Waals surface area contributed by atoms with E-state index in [1.54, 1.807) is 0 Å². The number of pyridine rings is 3. The van der Waals surface area contributed by atoms with Crippen LogP contribution in [0.1, 0.15) is 142 Å². The minimum absolute atomic E-state index is 0. The Kier molecular flexibility index (Phi) is 25.5. The summed E-state index contributed by atoms with van der Waals surface area (Å²) in [6.07, 6.45) is 6.71. The molecule has 3 rings (SSSR count). The van der Waals surface area contributed by atoms with Crippen LogP contribution >= 0.6 is 0 Å². The van der Waals surface area contributed by atoms with Crippen molar-refractivity contribution in [2.45, 2.75) is 205 Å². The number of halogens is 6. The molecule has 69 heavy (non-hydrogen) atoms. The summed E-state index contributed by atoms with van der Waals surface area (Å²) in [5.74, 6) is 0. The summed E-state index contributed by atoms with van der Waals surface area (Å²) in [6, 6.07) is 14.2. The maximum atomic E-state index is 10.7. The third-order valence-corrected chi connectivity index (χ3v) is 36.5. The van der Waals surface area contributed by atoms with E-state index in [0.29, 0.717) is 49.9 Å². The molecule has 0 aliphatic rings. The predicted molar refractivity (Wildman–Crippen MR) is 269 cm³/mol.